The van der Waals surface area contributed by atoms with Crippen molar-refractivity contribution in [1.29, 1.82) is 0 Å². The van der Waals surface area contributed by atoms with Crippen LogP contribution in [-0.4, -0.2) is 25.8 Å². The van der Waals surface area contributed by atoms with Crippen LogP contribution in [0.1, 0.15) is 22.3 Å². The molecule has 0 aliphatic rings. The van der Waals surface area contributed by atoms with Crippen LogP contribution in [0.4, 0.5) is 0 Å². The molecule has 2 aromatic rings. The molecule has 24 heavy (non-hydrogen) atoms. The van der Waals surface area contributed by atoms with Crippen molar-refractivity contribution in [3.05, 3.63) is 58.7 Å². The molecular weight excluding hydrogens is 304 g/mol. The number of aryl methyl sites for hydroxylation is 2. The molecular formula is C19H22N2O3. The molecule has 0 spiro atoms. The summed E-state index contributed by atoms with van der Waals surface area (Å²) in [6.45, 7) is 5.86. The highest BCUT2D eigenvalue weighted by Gasteiger charge is 2.08. The Morgan fingerprint density at radius 2 is 1.83 bits per heavy atom. The average Bonchev–Trinajstić information content (AvgIpc) is 2.58. The first kappa shape index (κ1) is 17.5. The number of hydrogen-bond donors (Lipinski definition) is 1. The molecule has 1 amide bonds. The van der Waals surface area contributed by atoms with Gasteiger partial charge in [0.25, 0.3) is 5.91 Å². The molecule has 0 aromatic heterocycles. The molecule has 5 heteroatoms. The molecule has 0 radical (unpaired) electrons. The van der Waals surface area contributed by atoms with Gasteiger partial charge >= 0.3 is 0 Å². The molecule has 0 aliphatic carbocycles. The van der Waals surface area contributed by atoms with Crippen LogP contribution in [0, 0.1) is 20.8 Å². The third kappa shape index (κ3) is 4.35. The fraction of sp³-hybridized carbons (Fsp3) is 0.263. The lowest BCUT2D eigenvalue weighted by Gasteiger charge is -2.13. The Balaban J connectivity index is 1.93. The van der Waals surface area contributed by atoms with Crippen molar-refractivity contribution >= 4 is 12.1 Å². The Morgan fingerprint density at radius 3 is 2.58 bits per heavy atom. The van der Waals surface area contributed by atoms with Crippen molar-refractivity contribution in [2.24, 2.45) is 5.10 Å². The van der Waals surface area contributed by atoms with Gasteiger partial charge in [0.2, 0.25) is 0 Å². The summed E-state index contributed by atoms with van der Waals surface area (Å²) in [7, 11) is 1.59. The van der Waals surface area contributed by atoms with Crippen LogP contribution in [0.5, 0.6) is 11.5 Å². The minimum atomic E-state index is -0.318. The second-order valence-electron chi connectivity index (χ2n) is 5.48. The second kappa shape index (κ2) is 8.15. The predicted molar refractivity (Wildman–Crippen MR) is 94.9 cm³/mol. The van der Waals surface area contributed by atoms with E-state index in [-0.39, 0.29) is 12.5 Å². The number of carbonyl (C=O) groups is 1. The normalized spacial score (nSPS) is 10.7. The van der Waals surface area contributed by atoms with Crippen LogP contribution in [0.25, 0.3) is 0 Å². The van der Waals surface area contributed by atoms with E-state index >= 15 is 0 Å². The minimum absolute atomic E-state index is 0.0889. The topological polar surface area (TPSA) is 59.9 Å². The van der Waals surface area contributed by atoms with E-state index in [0.29, 0.717) is 5.75 Å². The fourth-order valence-corrected chi connectivity index (χ4v) is 2.26. The summed E-state index contributed by atoms with van der Waals surface area (Å²) in [6.07, 6.45) is 1.54. The zero-order chi connectivity index (χ0) is 17.5. The number of ether oxygens (including phenoxy) is 2. The summed E-state index contributed by atoms with van der Waals surface area (Å²) >= 11 is 0. The lowest BCUT2D eigenvalue weighted by Crippen LogP contribution is -2.25. The van der Waals surface area contributed by atoms with Crippen LogP contribution in [0.3, 0.4) is 0 Å². The first-order valence-electron chi connectivity index (χ1n) is 7.67. The van der Waals surface area contributed by atoms with Gasteiger partial charge in [0.1, 0.15) is 11.5 Å². The predicted octanol–water partition coefficient (Wildman–Crippen LogP) is 3.15. The third-order valence-electron chi connectivity index (χ3n) is 3.75. The highest BCUT2D eigenvalue weighted by molar-refractivity contribution is 5.85. The number of methoxy groups -OCH3 is 1. The first-order chi connectivity index (χ1) is 11.5. The molecule has 2 rings (SSSR count). The van der Waals surface area contributed by atoms with E-state index in [1.54, 1.807) is 13.3 Å². The van der Waals surface area contributed by atoms with Gasteiger partial charge in [0.05, 0.1) is 13.3 Å². The summed E-state index contributed by atoms with van der Waals surface area (Å²) in [6, 6.07) is 11.4. The molecule has 0 fully saturated rings. The molecule has 1 N–H and O–H groups in total. The summed E-state index contributed by atoms with van der Waals surface area (Å²) in [5.74, 6) is 1.12. The molecule has 2 aromatic carbocycles. The van der Waals surface area contributed by atoms with Gasteiger partial charge in [-0.15, -0.1) is 0 Å². The number of rotatable bonds is 6. The lowest BCUT2D eigenvalue weighted by atomic mass is 10.1. The van der Waals surface area contributed by atoms with Gasteiger partial charge in [-0.25, -0.2) is 5.43 Å². The van der Waals surface area contributed by atoms with Gasteiger partial charge in [-0.05, 0) is 49.6 Å². The SMILES string of the molecule is COc1ccccc1/C=N\NC(=O)COc1c(C)ccc(C)c1C. The molecule has 0 saturated carbocycles. The number of hydrazone groups is 1. The summed E-state index contributed by atoms with van der Waals surface area (Å²) in [4.78, 5) is 11.9. The van der Waals surface area contributed by atoms with Crippen molar-refractivity contribution in [2.75, 3.05) is 13.7 Å². The van der Waals surface area contributed by atoms with Crippen molar-refractivity contribution in [3.63, 3.8) is 0 Å². The number of para-hydroxylation sites is 1. The van der Waals surface area contributed by atoms with Crippen molar-refractivity contribution in [1.82, 2.24) is 5.43 Å². The number of benzene rings is 2. The van der Waals surface area contributed by atoms with Gasteiger partial charge in [0.15, 0.2) is 6.61 Å². The Hall–Kier alpha value is -2.82. The monoisotopic (exact) mass is 326 g/mol. The van der Waals surface area contributed by atoms with E-state index in [4.69, 9.17) is 9.47 Å². The standard InChI is InChI=1S/C19H22N2O3/c1-13-9-10-14(2)19(15(13)3)24-12-18(22)21-20-11-16-7-5-6-8-17(16)23-4/h5-11H,12H2,1-4H3,(H,21,22)/b20-11-. The van der Waals surface area contributed by atoms with Crippen LogP contribution in [0.2, 0.25) is 0 Å². The average molecular weight is 326 g/mol. The summed E-state index contributed by atoms with van der Waals surface area (Å²) in [5.41, 5.74) is 6.42. The Bertz CT molecular complexity index is 754. The number of hydrogen-bond acceptors (Lipinski definition) is 4. The van der Waals surface area contributed by atoms with Crippen LogP contribution >= 0.6 is 0 Å². The molecule has 126 valence electrons. The van der Waals surface area contributed by atoms with E-state index in [1.807, 2.05) is 57.2 Å². The Kier molecular flexibility index (Phi) is 5.95. The van der Waals surface area contributed by atoms with E-state index in [9.17, 15) is 4.79 Å². The maximum atomic E-state index is 11.9. The number of nitrogens with one attached hydrogen (secondary N) is 1. The number of amides is 1. The van der Waals surface area contributed by atoms with Crippen LogP contribution < -0.4 is 14.9 Å². The smallest absolute Gasteiger partial charge is 0.277 e. The quantitative estimate of drug-likeness (QED) is 0.655. The highest BCUT2D eigenvalue weighted by Crippen LogP contribution is 2.25. The highest BCUT2D eigenvalue weighted by atomic mass is 16.5. The van der Waals surface area contributed by atoms with E-state index in [0.717, 1.165) is 28.0 Å². The third-order valence-corrected chi connectivity index (χ3v) is 3.75. The summed E-state index contributed by atoms with van der Waals surface area (Å²) < 4.78 is 10.9. The van der Waals surface area contributed by atoms with Gasteiger partial charge < -0.3 is 9.47 Å². The molecule has 0 saturated heterocycles. The zero-order valence-electron chi connectivity index (χ0n) is 14.4. The van der Waals surface area contributed by atoms with Gasteiger partial charge in [-0.1, -0.05) is 24.3 Å². The maximum absolute atomic E-state index is 11.9. The molecule has 0 unspecified atom stereocenters. The van der Waals surface area contributed by atoms with Crippen molar-refractivity contribution < 1.29 is 14.3 Å². The maximum Gasteiger partial charge on any atom is 0.277 e. The molecule has 5 nitrogen and oxygen atoms in total. The van der Waals surface area contributed by atoms with Crippen LogP contribution in [0.15, 0.2) is 41.5 Å². The van der Waals surface area contributed by atoms with Crippen molar-refractivity contribution in [3.8, 4) is 11.5 Å². The second-order valence-corrected chi connectivity index (χ2v) is 5.48. The van der Waals surface area contributed by atoms with E-state index in [1.165, 1.54) is 0 Å². The molecule has 0 atom stereocenters. The molecule has 0 bridgehead atoms. The largest absolute Gasteiger partial charge is 0.496 e. The van der Waals surface area contributed by atoms with Gasteiger partial charge in [-0.3, -0.25) is 4.79 Å². The van der Waals surface area contributed by atoms with Crippen molar-refractivity contribution in [2.45, 2.75) is 20.8 Å². The van der Waals surface area contributed by atoms with E-state index in [2.05, 4.69) is 10.5 Å². The fourth-order valence-electron chi connectivity index (χ4n) is 2.26. The Morgan fingerprint density at radius 1 is 1.12 bits per heavy atom. The van der Waals surface area contributed by atoms with Crippen LogP contribution in [-0.2, 0) is 4.79 Å². The summed E-state index contributed by atoms with van der Waals surface area (Å²) in [5, 5.41) is 3.94. The number of carbonyl (C=O) groups excluding carboxylic acids is 1. The van der Waals surface area contributed by atoms with Gasteiger partial charge in [-0.2, -0.15) is 5.10 Å². The zero-order valence-corrected chi connectivity index (χ0v) is 14.4. The minimum Gasteiger partial charge on any atom is -0.496 e. The first-order valence-corrected chi connectivity index (χ1v) is 7.67. The Labute approximate surface area is 142 Å². The lowest BCUT2D eigenvalue weighted by molar-refractivity contribution is -0.123. The molecule has 0 heterocycles. The number of nitrogens with zero attached hydrogens (tertiary/aromatic N) is 1. The molecule has 0 aliphatic heterocycles. The van der Waals surface area contributed by atoms with E-state index < -0.39 is 0 Å². The van der Waals surface area contributed by atoms with Gasteiger partial charge in [0, 0.05) is 5.56 Å².